The van der Waals surface area contributed by atoms with E-state index in [0.717, 1.165) is 36.4 Å². The molecule has 1 aliphatic rings. The van der Waals surface area contributed by atoms with Crippen molar-refractivity contribution in [2.24, 2.45) is 0 Å². The lowest BCUT2D eigenvalue weighted by Gasteiger charge is -2.32. The molecule has 0 N–H and O–H groups in total. The SMILES string of the molecule is Cc1c(F)ccc(-c2cc(C#N)cc(C(F)(F)F)c2)c1F.Cc1c(F)ccc(B2OC(C)(C)C(C)(C)O2)c1F.[C-]#[N+]c1cc(C)cc(C(F)(F)F)c1. The van der Waals surface area contributed by atoms with E-state index in [1.807, 2.05) is 27.7 Å². The maximum Gasteiger partial charge on any atom is 0.497 e. The molecule has 274 valence electrons. The summed E-state index contributed by atoms with van der Waals surface area (Å²) in [6, 6.07) is 12.1. The minimum Gasteiger partial charge on any atom is -0.399 e. The molecule has 4 nitrogen and oxygen atoms in total. The number of alkyl halides is 6. The molecule has 1 fully saturated rings. The zero-order chi connectivity index (χ0) is 39.6. The van der Waals surface area contributed by atoms with Crippen LogP contribution in [0, 0.1) is 61.9 Å². The van der Waals surface area contributed by atoms with Gasteiger partial charge < -0.3 is 9.31 Å². The summed E-state index contributed by atoms with van der Waals surface area (Å²) in [5.41, 5.74) is -3.04. The lowest BCUT2D eigenvalue weighted by Crippen LogP contribution is -2.41. The summed E-state index contributed by atoms with van der Waals surface area (Å²) < 4.78 is 141. The van der Waals surface area contributed by atoms with E-state index in [0.29, 0.717) is 11.6 Å². The van der Waals surface area contributed by atoms with E-state index in [4.69, 9.17) is 21.1 Å². The number of halogens is 10. The highest BCUT2D eigenvalue weighted by Gasteiger charge is 2.52. The molecule has 0 radical (unpaired) electrons. The van der Waals surface area contributed by atoms with Gasteiger partial charge in [0.1, 0.15) is 23.3 Å². The largest absolute Gasteiger partial charge is 0.497 e. The Kier molecular flexibility index (Phi) is 12.3. The first-order valence-corrected chi connectivity index (χ1v) is 15.3. The Morgan fingerprint density at radius 1 is 0.692 bits per heavy atom. The first kappa shape index (κ1) is 41.6. The van der Waals surface area contributed by atoms with E-state index < -0.39 is 65.1 Å². The summed E-state index contributed by atoms with van der Waals surface area (Å²) in [5.74, 6) is -2.90. The van der Waals surface area contributed by atoms with Crippen molar-refractivity contribution in [2.75, 3.05) is 0 Å². The molecule has 0 bridgehead atoms. The molecule has 15 heteroatoms. The molecule has 1 saturated heterocycles. The normalized spacial score (nSPS) is 14.7. The van der Waals surface area contributed by atoms with Gasteiger partial charge >= 0.3 is 19.5 Å². The van der Waals surface area contributed by atoms with E-state index in [9.17, 15) is 43.9 Å². The van der Waals surface area contributed by atoms with Gasteiger partial charge in [0.15, 0.2) is 5.69 Å². The number of hydrogen-bond donors (Lipinski definition) is 0. The van der Waals surface area contributed by atoms with Gasteiger partial charge in [-0.05, 0) is 103 Å². The topological polar surface area (TPSA) is 46.6 Å². The Balaban J connectivity index is 0.000000216. The van der Waals surface area contributed by atoms with Crippen LogP contribution in [0.25, 0.3) is 16.0 Å². The fourth-order valence-corrected chi connectivity index (χ4v) is 4.72. The van der Waals surface area contributed by atoms with Gasteiger partial charge in [-0.1, -0.05) is 17.7 Å². The van der Waals surface area contributed by atoms with Gasteiger partial charge in [-0.3, -0.25) is 0 Å². The van der Waals surface area contributed by atoms with Crippen molar-refractivity contribution in [3.63, 3.8) is 0 Å². The second-order valence-electron chi connectivity index (χ2n) is 12.8. The van der Waals surface area contributed by atoms with Crippen molar-refractivity contribution >= 4 is 18.3 Å². The Morgan fingerprint density at radius 2 is 1.19 bits per heavy atom. The van der Waals surface area contributed by atoms with Crippen molar-refractivity contribution in [3.05, 3.63) is 129 Å². The zero-order valence-corrected chi connectivity index (χ0v) is 28.8. The number of nitriles is 1. The summed E-state index contributed by atoms with van der Waals surface area (Å²) in [5, 5.41) is 8.80. The Hall–Kier alpha value is -4.86. The molecule has 0 aromatic heterocycles. The van der Waals surface area contributed by atoms with Gasteiger partial charge in [0.2, 0.25) is 0 Å². The van der Waals surface area contributed by atoms with Crippen LogP contribution >= 0.6 is 0 Å². The van der Waals surface area contributed by atoms with Gasteiger partial charge in [0.25, 0.3) is 0 Å². The molecular weight excluding hydrogens is 705 g/mol. The average molecular weight is 736 g/mol. The fraction of sp³-hybridized carbons (Fsp3) is 0.297. The molecule has 0 amide bonds. The molecule has 0 saturated carbocycles. The molecule has 0 aliphatic carbocycles. The highest BCUT2D eigenvalue weighted by molar-refractivity contribution is 6.62. The second kappa shape index (κ2) is 15.4. The van der Waals surface area contributed by atoms with Crippen LogP contribution in [0.15, 0.2) is 60.7 Å². The van der Waals surface area contributed by atoms with Crippen molar-refractivity contribution in [2.45, 2.75) is 72.0 Å². The highest BCUT2D eigenvalue weighted by atomic mass is 19.4. The maximum atomic E-state index is 14.0. The third-order valence-corrected chi connectivity index (χ3v) is 8.40. The summed E-state index contributed by atoms with van der Waals surface area (Å²) in [6.07, 6.45) is -9.03. The van der Waals surface area contributed by atoms with Gasteiger partial charge in [-0.2, -0.15) is 31.6 Å². The molecule has 0 unspecified atom stereocenters. The van der Waals surface area contributed by atoms with Crippen LogP contribution in [-0.4, -0.2) is 18.3 Å². The number of benzene rings is 4. The minimum absolute atomic E-state index is 0.0118. The third-order valence-electron chi connectivity index (χ3n) is 8.40. The van der Waals surface area contributed by atoms with Crippen molar-refractivity contribution in [3.8, 4) is 17.2 Å². The molecule has 5 rings (SSSR count). The summed E-state index contributed by atoms with van der Waals surface area (Å²) in [7, 11) is -0.797. The maximum absolute atomic E-state index is 14.0. The van der Waals surface area contributed by atoms with Crippen molar-refractivity contribution in [1.82, 2.24) is 0 Å². The predicted octanol–water partition coefficient (Wildman–Crippen LogP) is 11.0. The highest BCUT2D eigenvalue weighted by Crippen LogP contribution is 2.37. The summed E-state index contributed by atoms with van der Waals surface area (Å²) >= 11 is 0. The van der Waals surface area contributed by atoms with E-state index >= 15 is 0 Å². The number of hydrogen-bond acceptors (Lipinski definition) is 3. The molecule has 4 aromatic carbocycles. The van der Waals surface area contributed by atoms with E-state index in [1.165, 1.54) is 39.0 Å². The summed E-state index contributed by atoms with van der Waals surface area (Å²) in [4.78, 5) is 2.96. The number of aryl methyl sites for hydroxylation is 1. The zero-order valence-electron chi connectivity index (χ0n) is 28.8. The van der Waals surface area contributed by atoms with Gasteiger partial charge in [-0.25, -0.2) is 22.4 Å². The van der Waals surface area contributed by atoms with Crippen LogP contribution in [0.4, 0.5) is 49.6 Å². The average Bonchev–Trinajstić information content (AvgIpc) is 3.27. The monoisotopic (exact) mass is 736 g/mol. The van der Waals surface area contributed by atoms with Crippen LogP contribution in [0.2, 0.25) is 0 Å². The van der Waals surface area contributed by atoms with Crippen LogP contribution in [0.3, 0.4) is 0 Å². The Labute approximate surface area is 294 Å². The number of rotatable bonds is 2. The molecule has 1 heterocycles. The van der Waals surface area contributed by atoms with E-state index in [2.05, 4.69) is 4.85 Å². The number of nitrogens with zero attached hydrogens (tertiary/aromatic N) is 2. The van der Waals surface area contributed by atoms with Gasteiger partial charge in [0, 0.05) is 27.7 Å². The minimum atomic E-state index is -4.66. The van der Waals surface area contributed by atoms with Crippen LogP contribution in [-0.2, 0) is 21.7 Å². The van der Waals surface area contributed by atoms with Crippen LogP contribution in [0.5, 0.6) is 0 Å². The van der Waals surface area contributed by atoms with Crippen molar-refractivity contribution < 1.29 is 53.2 Å². The van der Waals surface area contributed by atoms with E-state index in [1.54, 1.807) is 6.07 Å². The summed E-state index contributed by atoms with van der Waals surface area (Å²) in [6.45, 7) is 18.3. The molecule has 1 aliphatic heterocycles. The predicted molar refractivity (Wildman–Crippen MR) is 176 cm³/mol. The second-order valence-corrected chi connectivity index (χ2v) is 12.8. The quantitative estimate of drug-likeness (QED) is 0.117. The third kappa shape index (κ3) is 9.52. The Bertz CT molecular complexity index is 2030. The first-order chi connectivity index (χ1) is 23.8. The first-order valence-electron chi connectivity index (χ1n) is 15.3. The molecule has 4 aromatic rings. The van der Waals surface area contributed by atoms with Crippen molar-refractivity contribution in [1.29, 1.82) is 5.26 Å². The van der Waals surface area contributed by atoms with Gasteiger partial charge in [0.05, 0.1) is 35.0 Å². The lowest BCUT2D eigenvalue weighted by atomic mass is 9.78. The lowest BCUT2D eigenvalue weighted by molar-refractivity contribution is -0.138. The van der Waals surface area contributed by atoms with E-state index in [-0.39, 0.29) is 39.0 Å². The fourth-order valence-electron chi connectivity index (χ4n) is 4.72. The molecular formula is C37H31BF10N2O2. The Morgan fingerprint density at radius 3 is 1.69 bits per heavy atom. The van der Waals surface area contributed by atoms with Crippen LogP contribution in [0.1, 0.15) is 61.1 Å². The standard InChI is InChI=1S/C15H8F5N.C13H17BF2O2.C9H6F3N/c1-8-13(16)3-2-12(14(8)17)10-4-9(7-21)5-11(6-10)15(18,19)20;1-8-10(15)7-6-9(11(8)16)14-17-12(2,3)13(4,5)18-14;1-6-3-7(9(10,11)12)5-8(4-6)13-2/h2-6H,1H3;6-7H,1-5H3;3-5H,1H3. The smallest absolute Gasteiger partial charge is 0.399 e. The molecule has 52 heavy (non-hydrogen) atoms. The van der Waals surface area contributed by atoms with Gasteiger partial charge in [-0.15, -0.1) is 0 Å². The molecule has 0 spiro atoms. The van der Waals surface area contributed by atoms with Crippen LogP contribution < -0.4 is 5.46 Å². The molecule has 0 atom stereocenters.